The molecule has 3 aliphatic rings. The minimum Gasteiger partial charge on any atom is -0.444 e. The van der Waals surface area contributed by atoms with Gasteiger partial charge >= 0.3 is 6.09 Å². The van der Waals surface area contributed by atoms with Gasteiger partial charge in [-0.2, -0.15) is 4.31 Å². The van der Waals surface area contributed by atoms with Crippen molar-refractivity contribution >= 4 is 38.6 Å². The molecule has 1 atom stereocenters. The van der Waals surface area contributed by atoms with E-state index in [-0.39, 0.29) is 24.1 Å². The van der Waals surface area contributed by atoms with E-state index in [9.17, 15) is 18.0 Å². The summed E-state index contributed by atoms with van der Waals surface area (Å²) in [6.45, 7) is 2.60. The predicted octanol–water partition coefficient (Wildman–Crippen LogP) is 3.83. The average Bonchev–Trinajstić information content (AvgIpc) is 3.55. The third-order valence-electron chi connectivity index (χ3n) is 8.09. The smallest absolute Gasteiger partial charge is 0.414 e. The molecule has 4 heterocycles. The number of cyclic esters (lactones) is 1. The number of carbonyl (C=O) groups is 2. The first-order valence-corrected chi connectivity index (χ1v) is 15.0. The molecule has 2 aromatic carbocycles. The van der Waals surface area contributed by atoms with Gasteiger partial charge in [-0.25, -0.2) is 13.2 Å². The molecule has 0 bridgehead atoms. The summed E-state index contributed by atoms with van der Waals surface area (Å²) in [4.78, 5) is 29.6. The molecule has 38 heavy (non-hydrogen) atoms. The second-order valence-corrected chi connectivity index (χ2v) is 12.4. The Morgan fingerprint density at radius 3 is 2.61 bits per heavy atom. The molecule has 2 fully saturated rings. The second-order valence-electron chi connectivity index (χ2n) is 10.5. The maximum atomic E-state index is 13.4. The number of fused-ring (bicyclic) bond motifs is 2. The number of rotatable bonds is 5. The maximum absolute atomic E-state index is 13.4. The Kier molecular flexibility index (Phi) is 6.39. The SMILES string of the molecule is CS(=O)(=O)N1CCC[C@@H]1Cn1ccc2cc(C(=O)N3CCC(N4C(=O)OCc5ccccc54)CC3)ccc21. The zero-order valence-electron chi connectivity index (χ0n) is 21.5. The maximum Gasteiger partial charge on any atom is 0.414 e. The number of ether oxygens (including phenoxy) is 1. The Hall–Kier alpha value is -3.37. The lowest BCUT2D eigenvalue weighted by Gasteiger charge is -2.40. The van der Waals surface area contributed by atoms with E-state index in [2.05, 4.69) is 4.57 Å². The van der Waals surface area contributed by atoms with Crippen LogP contribution in [-0.4, -0.2) is 72.2 Å². The molecular formula is C28H32N4O5S. The van der Waals surface area contributed by atoms with Crippen LogP contribution in [0.3, 0.4) is 0 Å². The van der Waals surface area contributed by atoms with E-state index < -0.39 is 10.0 Å². The Morgan fingerprint density at radius 2 is 1.82 bits per heavy atom. The molecule has 10 heteroatoms. The van der Waals surface area contributed by atoms with Crippen molar-refractivity contribution in [1.29, 1.82) is 0 Å². The monoisotopic (exact) mass is 536 g/mol. The zero-order valence-corrected chi connectivity index (χ0v) is 22.3. The van der Waals surface area contributed by atoms with Crippen molar-refractivity contribution < 1.29 is 22.7 Å². The Bertz CT molecular complexity index is 1490. The van der Waals surface area contributed by atoms with Crippen molar-refractivity contribution in [2.24, 2.45) is 0 Å². The van der Waals surface area contributed by atoms with Gasteiger partial charge in [-0.1, -0.05) is 18.2 Å². The molecule has 0 spiro atoms. The van der Waals surface area contributed by atoms with Crippen LogP contribution in [0.5, 0.6) is 0 Å². The molecule has 0 radical (unpaired) electrons. The molecule has 2 amide bonds. The van der Waals surface area contributed by atoms with Crippen molar-refractivity contribution in [2.75, 3.05) is 30.8 Å². The quantitative estimate of drug-likeness (QED) is 0.494. The van der Waals surface area contributed by atoms with Crippen LogP contribution in [0.25, 0.3) is 10.9 Å². The highest BCUT2D eigenvalue weighted by Gasteiger charge is 2.35. The number of piperidine rings is 1. The molecule has 0 N–H and O–H groups in total. The largest absolute Gasteiger partial charge is 0.444 e. The van der Waals surface area contributed by atoms with Crippen LogP contribution < -0.4 is 4.90 Å². The van der Waals surface area contributed by atoms with Crippen molar-refractivity contribution in [3.05, 3.63) is 65.9 Å². The second kappa shape index (κ2) is 9.74. The topological polar surface area (TPSA) is 92.2 Å². The highest BCUT2D eigenvalue weighted by Crippen LogP contribution is 2.32. The summed E-state index contributed by atoms with van der Waals surface area (Å²) >= 11 is 0. The van der Waals surface area contributed by atoms with Gasteiger partial charge in [-0.05, 0) is 56.0 Å². The molecule has 0 saturated carbocycles. The van der Waals surface area contributed by atoms with E-state index in [0.29, 0.717) is 51.2 Å². The number of likely N-dealkylation sites (tertiary alicyclic amines) is 1. The Balaban J connectivity index is 1.13. The van der Waals surface area contributed by atoms with Gasteiger partial charge in [0.2, 0.25) is 10.0 Å². The zero-order chi connectivity index (χ0) is 26.4. The summed E-state index contributed by atoms with van der Waals surface area (Å²) < 4.78 is 33.3. The van der Waals surface area contributed by atoms with Gasteiger partial charge in [-0.15, -0.1) is 0 Å². The van der Waals surface area contributed by atoms with Gasteiger partial charge in [0.25, 0.3) is 5.91 Å². The standard InChI is InChI=1S/C28H32N4O5S/c1-38(35,36)31-13-4-6-24(31)18-30-14-10-20-17-21(8-9-25(20)30)27(33)29-15-11-23(12-16-29)32-26-7-3-2-5-22(26)19-37-28(32)34/h2-3,5,7-10,14,17,23-24H,4,6,11-13,15-16,18-19H2,1H3/t24-/m1/s1. The molecule has 6 rings (SSSR count). The molecule has 3 aromatic rings. The van der Waals surface area contributed by atoms with Crippen LogP contribution in [0.1, 0.15) is 41.6 Å². The summed E-state index contributed by atoms with van der Waals surface area (Å²) in [6, 6.07) is 15.5. The molecule has 0 aliphatic carbocycles. The number of anilines is 1. The van der Waals surface area contributed by atoms with Crippen LogP contribution in [0.4, 0.5) is 10.5 Å². The molecule has 9 nitrogen and oxygen atoms in total. The van der Waals surface area contributed by atoms with Gasteiger partial charge in [0.1, 0.15) is 6.61 Å². The summed E-state index contributed by atoms with van der Waals surface area (Å²) in [5.74, 6) is -0.0150. The number of hydrogen-bond acceptors (Lipinski definition) is 5. The van der Waals surface area contributed by atoms with Crippen molar-refractivity contribution in [2.45, 2.75) is 50.9 Å². The number of aromatic nitrogens is 1. The highest BCUT2D eigenvalue weighted by atomic mass is 32.2. The first-order chi connectivity index (χ1) is 18.3. The Morgan fingerprint density at radius 1 is 1.03 bits per heavy atom. The molecular weight excluding hydrogens is 504 g/mol. The van der Waals surface area contributed by atoms with Crippen molar-refractivity contribution in [1.82, 2.24) is 13.8 Å². The Labute approximate surface area is 222 Å². The van der Waals surface area contributed by atoms with E-state index in [1.165, 1.54) is 6.26 Å². The predicted molar refractivity (Wildman–Crippen MR) is 145 cm³/mol. The number of benzene rings is 2. The number of sulfonamides is 1. The number of carbonyl (C=O) groups excluding carboxylic acids is 2. The minimum absolute atomic E-state index is 0.00778. The van der Waals surface area contributed by atoms with E-state index in [4.69, 9.17) is 4.74 Å². The van der Waals surface area contributed by atoms with Gasteiger partial charge in [0.05, 0.1) is 11.9 Å². The summed E-state index contributed by atoms with van der Waals surface area (Å²) in [6.07, 6.45) is 6.02. The minimum atomic E-state index is -3.23. The third kappa shape index (κ3) is 4.56. The highest BCUT2D eigenvalue weighted by molar-refractivity contribution is 7.88. The van der Waals surface area contributed by atoms with E-state index in [1.54, 1.807) is 9.21 Å². The molecule has 200 valence electrons. The summed E-state index contributed by atoms with van der Waals surface area (Å²) in [5, 5.41) is 0.960. The van der Waals surface area contributed by atoms with Crippen molar-refractivity contribution in [3.63, 3.8) is 0 Å². The van der Waals surface area contributed by atoms with Crippen molar-refractivity contribution in [3.8, 4) is 0 Å². The van der Waals surface area contributed by atoms with Gasteiger partial charge in [0, 0.05) is 66.5 Å². The van der Waals surface area contributed by atoms with Gasteiger partial charge < -0.3 is 14.2 Å². The fourth-order valence-corrected chi connectivity index (χ4v) is 7.35. The van der Waals surface area contributed by atoms with Crippen LogP contribution in [0.2, 0.25) is 0 Å². The summed E-state index contributed by atoms with van der Waals surface area (Å²) in [7, 11) is -3.23. The number of hydrogen-bond donors (Lipinski definition) is 0. The van der Waals surface area contributed by atoms with Crippen LogP contribution in [0, 0.1) is 0 Å². The first kappa shape index (κ1) is 24.9. The van der Waals surface area contributed by atoms with Crippen LogP contribution in [0.15, 0.2) is 54.7 Å². The molecule has 3 aliphatic heterocycles. The normalized spacial score (nSPS) is 21.1. The average molecular weight is 537 g/mol. The molecule has 2 saturated heterocycles. The third-order valence-corrected chi connectivity index (χ3v) is 9.42. The van der Waals surface area contributed by atoms with E-state index >= 15 is 0 Å². The van der Waals surface area contributed by atoms with Gasteiger partial charge in [-0.3, -0.25) is 9.69 Å². The first-order valence-electron chi connectivity index (χ1n) is 13.2. The van der Waals surface area contributed by atoms with Crippen LogP contribution >= 0.6 is 0 Å². The fourth-order valence-electron chi connectivity index (χ4n) is 6.18. The van der Waals surface area contributed by atoms with E-state index in [1.807, 2.05) is 59.6 Å². The summed E-state index contributed by atoms with van der Waals surface area (Å²) in [5.41, 5.74) is 3.53. The lowest BCUT2D eigenvalue weighted by atomic mass is 10.00. The number of nitrogens with zero attached hydrogens (tertiary/aromatic N) is 4. The number of para-hydroxylation sites is 1. The lowest BCUT2D eigenvalue weighted by Crippen LogP contribution is -2.50. The molecule has 1 aromatic heterocycles. The van der Waals surface area contributed by atoms with Gasteiger partial charge in [0.15, 0.2) is 0 Å². The number of amides is 2. The lowest BCUT2D eigenvalue weighted by molar-refractivity contribution is 0.0708. The van der Waals surface area contributed by atoms with E-state index in [0.717, 1.165) is 35.0 Å². The van der Waals surface area contributed by atoms with Crippen LogP contribution in [-0.2, 0) is 27.9 Å². The molecule has 0 unspecified atom stereocenters. The fraction of sp³-hybridized carbons (Fsp3) is 0.429.